The summed E-state index contributed by atoms with van der Waals surface area (Å²) in [5.41, 5.74) is 1.81. The van der Waals surface area contributed by atoms with Crippen LogP contribution in [0.2, 0.25) is 10.0 Å². The molecular formula is C14H14Cl2N2O. The van der Waals surface area contributed by atoms with Crippen molar-refractivity contribution in [3.63, 3.8) is 0 Å². The normalized spacial score (nSPS) is 10.5. The van der Waals surface area contributed by atoms with E-state index in [0.717, 1.165) is 11.3 Å². The quantitative estimate of drug-likeness (QED) is 0.914. The highest BCUT2D eigenvalue weighted by atomic mass is 35.5. The van der Waals surface area contributed by atoms with Gasteiger partial charge in [-0.1, -0.05) is 35.3 Å². The summed E-state index contributed by atoms with van der Waals surface area (Å²) in [6.45, 7) is 1.06. The third-order valence-electron chi connectivity index (χ3n) is 2.54. The van der Waals surface area contributed by atoms with Crippen LogP contribution in [0.3, 0.4) is 0 Å². The second kappa shape index (κ2) is 6.75. The van der Waals surface area contributed by atoms with Gasteiger partial charge in [0.1, 0.15) is 6.61 Å². The molecule has 0 aliphatic heterocycles. The number of pyridine rings is 1. The standard InChI is InChI=1S/C14H14Cl2N2O/c1-17-8-13-12(16)6-7-14(18-13)19-9-10-2-4-11(15)5-3-10/h2-7,17H,8-9H2,1H3. The molecule has 1 heterocycles. The molecule has 0 saturated heterocycles. The lowest BCUT2D eigenvalue weighted by Gasteiger charge is -2.08. The number of rotatable bonds is 5. The molecule has 100 valence electrons. The Morgan fingerprint density at radius 1 is 1.11 bits per heavy atom. The first-order chi connectivity index (χ1) is 9.19. The van der Waals surface area contributed by atoms with Gasteiger partial charge in [-0.3, -0.25) is 0 Å². The van der Waals surface area contributed by atoms with Gasteiger partial charge in [-0.05, 0) is 30.8 Å². The van der Waals surface area contributed by atoms with Gasteiger partial charge in [0.2, 0.25) is 5.88 Å². The Morgan fingerprint density at radius 3 is 2.53 bits per heavy atom. The highest BCUT2D eigenvalue weighted by Crippen LogP contribution is 2.19. The van der Waals surface area contributed by atoms with Crippen molar-refractivity contribution < 1.29 is 4.74 Å². The molecule has 0 radical (unpaired) electrons. The van der Waals surface area contributed by atoms with Crippen molar-refractivity contribution in [1.29, 1.82) is 0 Å². The van der Waals surface area contributed by atoms with Crippen LogP contribution in [-0.2, 0) is 13.2 Å². The fourth-order valence-electron chi connectivity index (χ4n) is 1.57. The first-order valence-corrected chi connectivity index (χ1v) is 6.62. The van der Waals surface area contributed by atoms with Gasteiger partial charge in [0.15, 0.2) is 0 Å². The Labute approximate surface area is 122 Å². The summed E-state index contributed by atoms with van der Waals surface area (Å²) in [6, 6.07) is 11.1. The summed E-state index contributed by atoms with van der Waals surface area (Å²) >= 11 is 11.9. The SMILES string of the molecule is CNCc1nc(OCc2ccc(Cl)cc2)ccc1Cl. The summed E-state index contributed by atoms with van der Waals surface area (Å²) in [4.78, 5) is 4.35. The number of nitrogens with zero attached hydrogens (tertiary/aromatic N) is 1. The number of halogens is 2. The lowest BCUT2D eigenvalue weighted by atomic mass is 10.2. The minimum absolute atomic E-state index is 0.449. The first kappa shape index (κ1) is 14.1. The van der Waals surface area contributed by atoms with E-state index in [9.17, 15) is 0 Å². The highest BCUT2D eigenvalue weighted by molar-refractivity contribution is 6.31. The molecule has 1 aromatic heterocycles. The fraction of sp³-hybridized carbons (Fsp3) is 0.214. The van der Waals surface area contributed by atoms with Crippen molar-refractivity contribution in [3.05, 3.63) is 57.7 Å². The van der Waals surface area contributed by atoms with Crippen molar-refractivity contribution in [2.24, 2.45) is 0 Å². The van der Waals surface area contributed by atoms with Crippen molar-refractivity contribution in [3.8, 4) is 5.88 Å². The Bertz CT molecular complexity index is 544. The zero-order valence-electron chi connectivity index (χ0n) is 10.5. The Kier molecular flexibility index (Phi) is 5.02. The maximum absolute atomic E-state index is 6.04. The van der Waals surface area contributed by atoms with Gasteiger partial charge >= 0.3 is 0 Å². The van der Waals surface area contributed by atoms with Crippen molar-refractivity contribution >= 4 is 23.2 Å². The van der Waals surface area contributed by atoms with E-state index in [4.69, 9.17) is 27.9 Å². The van der Waals surface area contributed by atoms with Gasteiger partial charge < -0.3 is 10.1 Å². The Morgan fingerprint density at radius 2 is 1.84 bits per heavy atom. The van der Waals surface area contributed by atoms with Crippen molar-refractivity contribution in [1.82, 2.24) is 10.3 Å². The van der Waals surface area contributed by atoms with Crippen LogP contribution in [0.4, 0.5) is 0 Å². The smallest absolute Gasteiger partial charge is 0.213 e. The molecule has 0 aliphatic carbocycles. The summed E-state index contributed by atoms with van der Waals surface area (Å²) in [6.07, 6.45) is 0. The number of nitrogens with one attached hydrogen (secondary N) is 1. The van der Waals surface area contributed by atoms with E-state index in [0.29, 0.717) is 29.1 Å². The molecule has 0 unspecified atom stereocenters. The van der Waals surface area contributed by atoms with Crippen LogP contribution in [0.15, 0.2) is 36.4 Å². The predicted octanol–water partition coefficient (Wildman–Crippen LogP) is 3.69. The summed E-state index contributed by atoms with van der Waals surface area (Å²) in [5, 5.41) is 4.36. The molecule has 3 nitrogen and oxygen atoms in total. The molecule has 0 atom stereocenters. The van der Waals surface area contributed by atoms with Crippen LogP contribution in [0.1, 0.15) is 11.3 Å². The molecule has 2 aromatic rings. The Hall–Kier alpha value is -1.29. The van der Waals surface area contributed by atoms with E-state index >= 15 is 0 Å². The third kappa shape index (κ3) is 4.10. The van der Waals surface area contributed by atoms with Crippen molar-refractivity contribution in [2.75, 3.05) is 7.05 Å². The zero-order valence-corrected chi connectivity index (χ0v) is 12.0. The maximum Gasteiger partial charge on any atom is 0.213 e. The first-order valence-electron chi connectivity index (χ1n) is 5.86. The summed E-state index contributed by atoms with van der Waals surface area (Å²) < 4.78 is 5.63. The van der Waals surface area contributed by atoms with E-state index in [-0.39, 0.29) is 0 Å². The van der Waals surface area contributed by atoms with Gasteiger partial charge in [0.25, 0.3) is 0 Å². The van der Waals surface area contributed by atoms with Crippen molar-refractivity contribution in [2.45, 2.75) is 13.2 Å². The molecule has 0 fully saturated rings. The van der Waals surface area contributed by atoms with Crippen LogP contribution in [0.5, 0.6) is 5.88 Å². The lowest BCUT2D eigenvalue weighted by molar-refractivity contribution is 0.293. The average Bonchev–Trinajstić information content (AvgIpc) is 2.42. The topological polar surface area (TPSA) is 34.2 Å². The zero-order chi connectivity index (χ0) is 13.7. The van der Waals surface area contributed by atoms with E-state index in [1.807, 2.05) is 31.3 Å². The second-order valence-electron chi connectivity index (χ2n) is 4.02. The van der Waals surface area contributed by atoms with E-state index in [2.05, 4.69) is 10.3 Å². The molecule has 5 heteroatoms. The molecule has 0 amide bonds. The number of aromatic nitrogens is 1. The highest BCUT2D eigenvalue weighted by Gasteiger charge is 2.04. The maximum atomic E-state index is 6.04. The minimum Gasteiger partial charge on any atom is -0.473 e. The monoisotopic (exact) mass is 296 g/mol. The predicted molar refractivity (Wildman–Crippen MR) is 77.8 cm³/mol. The third-order valence-corrected chi connectivity index (χ3v) is 3.13. The fourth-order valence-corrected chi connectivity index (χ4v) is 1.87. The van der Waals surface area contributed by atoms with Gasteiger partial charge in [-0.25, -0.2) is 4.98 Å². The molecule has 2 rings (SSSR count). The number of hydrogen-bond acceptors (Lipinski definition) is 3. The number of benzene rings is 1. The van der Waals surface area contributed by atoms with Crippen LogP contribution in [0, 0.1) is 0 Å². The molecule has 0 saturated carbocycles. The summed E-state index contributed by atoms with van der Waals surface area (Å²) in [5.74, 6) is 0.560. The van der Waals surface area contributed by atoms with Gasteiger partial charge in [-0.2, -0.15) is 0 Å². The van der Waals surface area contributed by atoms with E-state index < -0.39 is 0 Å². The summed E-state index contributed by atoms with van der Waals surface area (Å²) in [7, 11) is 1.85. The van der Waals surface area contributed by atoms with Crippen LogP contribution in [-0.4, -0.2) is 12.0 Å². The molecule has 0 bridgehead atoms. The molecule has 19 heavy (non-hydrogen) atoms. The van der Waals surface area contributed by atoms with Crippen LogP contribution >= 0.6 is 23.2 Å². The van der Waals surface area contributed by atoms with Crippen LogP contribution < -0.4 is 10.1 Å². The molecule has 0 spiro atoms. The lowest BCUT2D eigenvalue weighted by Crippen LogP contribution is -2.08. The van der Waals surface area contributed by atoms with E-state index in [1.165, 1.54) is 0 Å². The average molecular weight is 297 g/mol. The molecule has 0 aliphatic rings. The van der Waals surface area contributed by atoms with E-state index in [1.54, 1.807) is 12.1 Å². The molecule has 1 aromatic carbocycles. The molecule has 1 N–H and O–H groups in total. The number of hydrogen-bond donors (Lipinski definition) is 1. The van der Waals surface area contributed by atoms with Gasteiger partial charge in [0.05, 0.1) is 10.7 Å². The largest absolute Gasteiger partial charge is 0.473 e. The molecular weight excluding hydrogens is 283 g/mol. The Balaban J connectivity index is 2.03. The number of ether oxygens (including phenoxy) is 1. The van der Waals surface area contributed by atoms with Gasteiger partial charge in [-0.15, -0.1) is 0 Å². The van der Waals surface area contributed by atoms with Crippen LogP contribution in [0.25, 0.3) is 0 Å². The minimum atomic E-state index is 0.449. The second-order valence-corrected chi connectivity index (χ2v) is 4.87. The van der Waals surface area contributed by atoms with Gasteiger partial charge in [0, 0.05) is 17.6 Å².